The molecule has 0 bridgehead atoms. The topological polar surface area (TPSA) is 149 Å². The van der Waals surface area contributed by atoms with E-state index in [1.54, 1.807) is 0 Å². The number of aliphatic hydroxyl groups excluding tert-OH is 5. The van der Waals surface area contributed by atoms with Crippen LogP contribution in [0.1, 0.15) is 149 Å². The third kappa shape index (κ3) is 32.9. The van der Waals surface area contributed by atoms with E-state index in [1.165, 1.54) is 0 Å². The van der Waals surface area contributed by atoms with E-state index in [2.05, 4.69) is 153 Å². The van der Waals surface area contributed by atoms with Gasteiger partial charge in [-0.25, -0.2) is 0 Å². The van der Waals surface area contributed by atoms with E-state index in [9.17, 15) is 30.3 Å². The van der Waals surface area contributed by atoms with Gasteiger partial charge in [-0.2, -0.15) is 0 Å². The first-order valence-corrected chi connectivity index (χ1v) is 24.4. The van der Waals surface area contributed by atoms with Gasteiger partial charge in [0.1, 0.15) is 24.4 Å². The quantitative estimate of drug-likeness (QED) is 0.0265. The van der Waals surface area contributed by atoms with Crippen molar-refractivity contribution >= 4 is 5.91 Å². The predicted molar refractivity (Wildman–Crippen MR) is 267 cm³/mol. The van der Waals surface area contributed by atoms with Gasteiger partial charge < -0.3 is 40.3 Å². The molecule has 0 spiro atoms. The molecule has 1 aliphatic heterocycles. The zero-order valence-corrected chi connectivity index (χ0v) is 39.5. The van der Waals surface area contributed by atoms with E-state index in [1.807, 2.05) is 0 Å². The van der Waals surface area contributed by atoms with Crippen molar-refractivity contribution in [3.63, 3.8) is 0 Å². The van der Waals surface area contributed by atoms with E-state index in [4.69, 9.17) is 9.47 Å². The first-order chi connectivity index (χ1) is 31.3. The van der Waals surface area contributed by atoms with Gasteiger partial charge in [0.05, 0.1) is 25.4 Å². The van der Waals surface area contributed by atoms with Crippen molar-refractivity contribution in [3.8, 4) is 0 Å². The summed E-state index contributed by atoms with van der Waals surface area (Å²) in [7, 11) is 0. The van der Waals surface area contributed by atoms with Gasteiger partial charge in [0.2, 0.25) is 5.91 Å². The van der Waals surface area contributed by atoms with E-state index in [0.717, 1.165) is 122 Å². The molecule has 64 heavy (non-hydrogen) atoms. The number of nitrogens with one attached hydrogen (secondary N) is 1. The van der Waals surface area contributed by atoms with E-state index >= 15 is 0 Å². The van der Waals surface area contributed by atoms with Gasteiger partial charge in [-0.1, -0.05) is 180 Å². The van der Waals surface area contributed by atoms with Gasteiger partial charge in [-0.15, -0.1) is 0 Å². The summed E-state index contributed by atoms with van der Waals surface area (Å²) in [5.41, 5.74) is 0. The third-order valence-corrected chi connectivity index (χ3v) is 10.5. The predicted octanol–water partition coefficient (Wildman–Crippen LogP) is 11.0. The Labute approximate surface area is 388 Å². The molecule has 9 heteroatoms. The maximum Gasteiger partial charge on any atom is 0.220 e. The van der Waals surface area contributed by atoms with Gasteiger partial charge in [-0.3, -0.25) is 4.79 Å². The van der Waals surface area contributed by atoms with Gasteiger partial charge >= 0.3 is 0 Å². The van der Waals surface area contributed by atoms with Gasteiger partial charge in [-0.05, 0) is 96.3 Å². The Hall–Kier alpha value is -3.67. The lowest BCUT2D eigenvalue weighted by Crippen LogP contribution is -2.60. The zero-order chi connectivity index (χ0) is 46.6. The summed E-state index contributed by atoms with van der Waals surface area (Å²) in [4.78, 5) is 12.8. The van der Waals surface area contributed by atoms with Crippen molar-refractivity contribution in [1.82, 2.24) is 5.32 Å². The summed E-state index contributed by atoms with van der Waals surface area (Å²) in [6, 6.07) is -0.742. The molecule has 1 saturated heterocycles. The van der Waals surface area contributed by atoms with Crippen LogP contribution in [0.15, 0.2) is 134 Å². The highest BCUT2D eigenvalue weighted by Crippen LogP contribution is 2.22. The number of rotatable bonds is 38. The summed E-state index contributed by atoms with van der Waals surface area (Å²) in [5.74, 6) is -0.193. The van der Waals surface area contributed by atoms with Crippen molar-refractivity contribution < 1.29 is 39.8 Å². The molecule has 9 nitrogen and oxygen atoms in total. The summed E-state index contributed by atoms with van der Waals surface area (Å²) < 4.78 is 11.1. The Morgan fingerprint density at radius 2 is 0.969 bits per heavy atom. The number of hydrogen-bond acceptors (Lipinski definition) is 8. The first kappa shape index (κ1) is 58.3. The molecule has 0 radical (unpaired) electrons. The number of unbranched alkanes of at least 4 members (excludes halogenated alkanes) is 6. The summed E-state index contributed by atoms with van der Waals surface area (Å²) in [6.45, 7) is 3.54. The molecule has 0 aromatic heterocycles. The molecule has 0 aromatic carbocycles. The van der Waals surface area contributed by atoms with E-state index in [0.29, 0.717) is 12.8 Å². The Morgan fingerprint density at radius 3 is 1.39 bits per heavy atom. The van der Waals surface area contributed by atoms with Crippen LogP contribution in [0.4, 0.5) is 0 Å². The molecule has 1 heterocycles. The first-order valence-electron chi connectivity index (χ1n) is 24.4. The fraction of sp³-hybridized carbons (Fsp3) is 0.582. The Morgan fingerprint density at radius 1 is 0.547 bits per heavy atom. The molecule has 1 fully saturated rings. The van der Waals surface area contributed by atoms with Gasteiger partial charge in [0, 0.05) is 6.42 Å². The van der Waals surface area contributed by atoms with Crippen molar-refractivity contribution in [2.45, 2.75) is 192 Å². The highest BCUT2D eigenvalue weighted by atomic mass is 16.7. The highest BCUT2D eigenvalue weighted by molar-refractivity contribution is 5.76. The normalized spacial score (nSPS) is 21.3. The molecule has 0 saturated carbocycles. The van der Waals surface area contributed by atoms with Crippen LogP contribution in [-0.4, -0.2) is 87.5 Å². The van der Waals surface area contributed by atoms with Gasteiger partial charge in [0.25, 0.3) is 0 Å². The Bertz CT molecular complexity index is 1450. The second kappa shape index (κ2) is 43.2. The molecule has 1 rings (SSSR count). The molecule has 7 atom stereocenters. The number of allylic oxidation sites excluding steroid dienone is 22. The largest absolute Gasteiger partial charge is 0.394 e. The molecule has 6 N–H and O–H groups in total. The van der Waals surface area contributed by atoms with Crippen LogP contribution in [-0.2, 0) is 14.3 Å². The molecule has 0 aromatic rings. The molecule has 1 aliphatic rings. The Kier molecular flexibility index (Phi) is 39.4. The summed E-state index contributed by atoms with van der Waals surface area (Å²) in [6.07, 6.45) is 59.8. The molecular formula is C55H87NO8. The molecular weight excluding hydrogens is 803 g/mol. The molecule has 1 amide bonds. The van der Waals surface area contributed by atoms with Crippen molar-refractivity contribution in [1.29, 1.82) is 0 Å². The van der Waals surface area contributed by atoms with Crippen LogP contribution in [0.2, 0.25) is 0 Å². The van der Waals surface area contributed by atoms with Crippen LogP contribution in [0, 0.1) is 0 Å². The molecule has 0 aliphatic carbocycles. The van der Waals surface area contributed by atoms with Crippen molar-refractivity contribution in [3.05, 3.63) is 134 Å². The highest BCUT2D eigenvalue weighted by Gasteiger charge is 2.44. The van der Waals surface area contributed by atoms with E-state index in [-0.39, 0.29) is 12.5 Å². The molecule has 360 valence electrons. The second-order valence-corrected chi connectivity index (χ2v) is 16.2. The average molecular weight is 890 g/mol. The summed E-state index contributed by atoms with van der Waals surface area (Å²) >= 11 is 0. The fourth-order valence-corrected chi connectivity index (χ4v) is 6.63. The molecule has 7 unspecified atom stereocenters. The van der Waals surface area contributed by atoms with Crippen LogP contribution in [0.5, 0.6) is 0 Å². The maximum absolute atomic E-state index is 12.8. The average Bonchev–Trinajstić information content (AvgIpc) is 3.29. The minimum Gasteiger partial charge on any atom is -0.394 e. The van der Waals surface area contributed by atoms with Gasteiger partial charge in [0.15, 0.2) is 6.29 Å². The standard InChI is InChI=1S/C55H87NO8/c1-3-5-7-9-10-11-12-13-14-15-16-17-18-19-20-21-22-23-24-25-26-27-28-29-30-31-32-33-34-35-36-37-38-39-40-41-43-45-51(59)56-48(49(58)44-42-8-6-4-2)47-63-55-54(62)53(61)52(60)50(46-57)64-55/h5,7,10-11,13-14,16-17,19-20,22-23,25-26,28-29,31-32,34-35,37-38,48-50,52-55,57-58,60-62H,3-4,6,8-9,12,15,18,21,24,27,30,33,36,39-47H2,1-2H3,(H,56,59)/b7-5-,11-10-,14-13-,17-16-,20-19-,23-22-,26-25-,29-28-,32-31-,35-34-,38-37-. The lowest BCUT2D eigenvalue weighted by molar-refractivity contribution is -0.302. The Balaban J connectivity index is 2.13. The van der Waals surface area contributed by atoms with Crippen molar-refractivity contribution in [2.75, 3.05) is 13.2 Å². The number of amides is 1. The minimum atomic E-state index is -1.56. The second-order valence-electron chi connectivity index (χ2n) is 16.2. The van der Waals surface area contributed by atoms with Crippen LogP contribution in [0.25, 0.3) is 0 Å². The lowest BCUT2D eigenvalue weighted by Gasteiger charge is -2.40. The summed E-state index contributed by atoms with van der Waals surface area (Å²) in [5, 5.41) is 53.7. The zero-order valence-electron chi connectivity index (χ0n) is 39.5. The third-order valence-electron chi connectivity index (χ3n) is 10.5. The number of carbonyl (C=O) groups is 1. The van der Waals surface area contributed by atoms with Crippen LogP contribution >= 0.6 is 0 Å². The number of hydrogen-bond donors (Lipinski definition) is 6. The van der Waals surface area contributed by atoms with Crippen LogP contribution < -0.4 is 5.32 Å². The SMILES string of the molecule is CC/C=C\C/C=C\C/C=C\C/C=C\C/C=C\C/C=C\C/C=C\C/C=C\C/C=C\C/C=C\C/C=C\CCCCCC(=O)NC(COC1OC(CO)C(O)C(O)C1O)C(O)CCCCCC. The monoisotopic (exact) mass is 890 g/mol. The number of ether oxygens (including phenoxy) is 2. The number of carbonyl (C=O) groups excluding carboxylic acids is 1. The van der Waals surface area contributed by atoms with Crippen molar-refractivity contribution in [2.24, 2.45) is 0 Å². The van der Waals surface area contributed by atoms with Crippen LogP contribution in [0.3, 0.4) is 0 Å². The smallest absolute Gasteiger partial charge is 0.220 e. The number of aliphatic hydroxyl groups is 5. The minimum absolute atomic E-state index is 0.165. The lowest BCUT2D eigenvalue weighted by atomic mass is 9.99. The fourth-order valence-electron chi connectivity index (χ4n) is 6.63. The maximum atomic E-state index is 12.8. The van der Waals surface area contributed by atoms with E-state index < -0.39 is 49.5 Å².